The van der Waals surface area contributed by atoms with E-state index in [1.54, 1.807) is 12.1 Å². The molecular formula is C28H26ClN5O3S. The van der Waals surface area contributed by atoms with E-state index in [0.717, 1.165) is 16.8 Å². The lowest BCUT2D eigenvalue weighted by atomic mass is 10.1. The van der Waals surface area contributed by atoms with Gasteiger partial charge >= 0.3 is 0 Å². The number of carbonyl (C=O) groups is 2. The summed E-state index contributed by atoms with van der Waals surface area (Å²) in [5, 5.41) is 11.9. The molecule has 0 atom stereocenters. The van der Waals surface area contributed by atoms with Crippen molar-refractivity contribution in [3.05, 3.63) is 88.9 Å². The molecule has 0 unspecified atom stereocenters. The van der Waals surface area contributed by atoms with Crippen LogP contribution in [0.3, 0.4) is 0 Å². The molecule has 0 radical (unpaired) electrons. The number of aromatic nitrogens is 2. The molecule has 1 aliphatic heterocycles. The summed E-state index contributed by atoms with van der Waals surface area (Å²) in [4.78, 5) is 29.3. The first-order valence-corrected chi connectivity index (χ1v) is 13.6. The van der Waals surface area contributed by atoms with Crippen LogP contribution in [0.2, 0.25) is 5.02 Å². The number of rotatable bonds is 7. The molecular weight excluding hydrogens is 522 g/mol. The monoisotopic (exact) mass is 547 g/mol. The average molecular weight is 548 g/mol. The van der Waals surface area contributed by atoms with Gasteiger partial charge in [-0.1, -0.05) is 53.7 Å². The SMILES string of the molecule is Cc1ccccc1-c1nnc(SCC(=O)Nc2ccc(N3CCN(C(=O)c4ccccc4Cl)CC3)cc2)o1. The molecule has 194 valence electrons. The van der Waals surface area contributed by atoms with E-state index in [9.17, 15) is 9.59 Å². The first-order chi connectivity index (χ1) is 18.5. The fraction of sp³-hybridized carbons (Fsp3) is 0.214. The second-order valence-corrected chi connectivity index (χ2v) is 10.2. The third-order valence-corrected chi connectivity index (χ3v) is 7.44. The van der Waals surface area contributed by atoms with E-state index < -0.39 is 0 Å². The van der Waals surface area contributed by atoms with Gasteiger partial charge < -0.3 is 19.5 Å². The van der Waals surface area contributed by atoms with E-state index in [4.69, 9.17) is 16.0 Å². The summed E-state index contributed by atoms with van der Waals surface area (Å²) in [6, 6.07) is 22.6. The van der Waals surface area contributed by atoms with Crippen molar-refractivity contribution >= 4 is 46.6 Å². The maximum Gasteiger partial charge on any atom is 0.277 e. The van der Waals surface area contributed by atoms with Crippen molar-refractivity contribution in [2.24, 2.45) is 0 Å². The van der Waals surface area contributed by atoms with Gasteiger partial charge in [0.2, 0.25) is 11.8 Å². The number of anilines is 2. The topological polar surface area (TPSA) is 91.6 Å². The highest BCUT2D eigenvalue weighted by Gasteiger charge is 2.23. The van der Waals surface area contributed by atoms with Crippen LogP contribution in [0.15, 0.2) is 82.4 Å². The molecule has 4 aromatic rings. The van der Waals surface area contributed by atoms with Crippen molar-refractivity contribution in [2.75, 3.05) is 42.1 Å². The number of hydrogen-bond acceptors (Lipinski definition) is 7. The second kappa shape index (κ2) is 11.7. The first-order valence-electron chi connectivity index (χ1n) is 12.2. The van der Waals surface area contributed by atoms with Gasteiger partial charge in [0.25, 0.3) is 11.1 Å². The van der Waals surface area contributed by atoms with E-state index in [1.165, 1.54) is 11.8 Å². The number of carbonyl (C=O) groups excluding carboxylic acids is 2. The number of aryl methyl sites for hydroxylation is 1. The van der Waals surface area contributed by atoms with Gasteiger partial charge in [-0.2, -0.15) is 0 Å². The van der Waals surface area contributed by atoms with Gasteiger partial charge in [-0.3, -0.25) is 9.59 Å². The van der Waals surface area contributed by atoms with Crippen molar-refractivity contribution in [1.29, 1.82) is 0 Å². The van der Waals surface area contributed by atoms with Crippen LogP contribution in [0.4, 0.5) is 11.4 Å². The molecule has 3 aromatic carbocycles. The smallest absolute Gasteiger partial charge is 0.277 e. The van der Waals surface area contributed by atoms with Gasteiger partial charge in [-0.05, 0) is 55.0 Å². The molecule has 1 N–H and O–H groups in total. The highest BCUT2D eigenvalue weighted by molar-refractivity contribution is 7.99. The highest BCUT2D eigenvalue weighted by Crippen LogP contribution is 2.26. The lowest BCUT2D eigenvalue weighted by molar-refractivity contribution is -0.113. The van der Waals surface area contributed by atoms with E-state index in [1.807, 2.05) is 72.5 Å². The Morgan fingerprint density at radius 2 is 1.66 bits per heavy atom. The number of piperazine rings is 1. The minimum atomic E-state index is -0.162. The maximum absolute atomic E-state index is 12.8. The van der Waals surface area contributed by atoms with Crippen LogP contribution in [-0.4, -0.2) is 58.8 Å². The van der Waals surface area contributed by atoms with Gasteiger partial charge in [-0.15, -0.1) is 10.2 Å². The van der Waals surface area contributed by atoms with Gasteiger partial charge in [-0.25, -0.2) is 0 Å². The lowest BCUT2D eigenvalue weighted by Crippen LogP contribution is -2.48. The maximum atomic E-state index is 12.8. The Hall–Kier alpha value is -3.82. The van der Waals surface area contributed by atoms with Crippen molar-refractivity contribution in [1.82, 2.24) is 15.1 Å². The zero-order valence-electron chi connectivity index (χ0n) is 20.8. The Morgan fingerprint density at radius 1 is 0.947 bits per heavy atom. The zero-order valence-corrected chi connectivity index (χ0v) is 22.3. The molecule has 0 bridgehead atoms. The van der Waals surface area contributed by atoms with Crippen LogP contribution in [0.25, 0.3) is 11.5 Å². The number of thioether (sulfide) groups is 1. The van der Waals surface area contributed by atoms with Gasteiger partial charge in [0, 0.05) is 43.1 Å². The first kappa shape index (κ1) is 25.8. The van der Waals surface area contributed by atoms with Crippen LogP contribution in [-0.2, 0) is 4.79 Å². The molecule has 1 aliphatic rings. The summed E-state index contributed by atoms with van der Waals surface area (Å²) in [5.41, 5.74) is 4.20. The largest absolute Gasteiger partial charge is 0.411 e. The van der Waals surface area contributed by atoms with Crippen LogP contribution in [0, 0.1) is 6.92 Å². The fourth-order valence-corrected chi connectivity index (χ4v) is 5.02. The fourth-order valence-electron chi connectivity index (χ4n) is 4.24. The zero-order chi connectivity index (χ0) is 26.5. The quantitative estimate of drug-likeness (QED) is 0.310. The van der Waals surface area contributed by atoms with Gasteiger partial charge in [0.05, 0.1) is 16.3 Å². The van der Waals surface area contributed by atoms with Crippen molar-refractivity contribution in [3.8, 4) is 11.5 Å². The Labute approximate surface area is 230 Å². The molecule has 1 saturated heterocycles. The minimum Gasteiger partial charge on any atom is -0.411 e. The van der Waals surface area contributed by atoms with E-state index in [2.05, 4.69) is 20.4 Å². The summed E-state index contributed by atoms with van der Waals surface area (Å²) in [7, 11) is 0. The van der Waals surface area contributed by atoms with Crippen LogP contribution < -0.4 is 10.2 Å². The summed E-state index contributed by atoms with van der Waals surface area (Å²) >= 11 is 7.39. The average Bonchev–Trinajstić information content (AvgIpc) is 3.41. The van der Waals surface area contributed by atoms with Crippen molar-refractivity contribution in [3.63, 3.8) is 0 Å². The summed E-state index contributed by atoms with van der Waals surface area (Å²) in [5.74, 6) is 0.386. The van der Waals surface area contributed by atoms with E-state index >= 15 is 0 Å². The Bertz CT molecular complexity index is 1430. The number of nitrogens with one attached hydrogen (secondary N) is 1. The number of benzene rings is 3. The normalized spacial score (nSPS) is 13.4. The molecule has 5 rings (SSSR count). The predicted molar refractivity (Wildman–Crippen MR) is 150 cm³/mol. The van der Waals surface area contributed by atoms with Crippen molar-refractivity contribution in [2.45, 2.75) is 12.1 Å². The highest BCUT2D eigenvalue weighted by atomic mass is 35.5. The molecule has 0 aliphatic carbocycles. The molecule has 1 aromatic heterocycles. The Kier molecular flexibility index (Phi) is 7.95. The molecule has 0 spiro atoms. The van der Waals surface area contributed by atoms with Crippen molar-refractivity contribution < 1.29 is 14.0 Å². The van der Waals surface area contributed by atoms with E-state index in [0.29, 0.717) is 53.6 Å². The third-order valence-electron chi connectivity index (χ3n) is 6.30. The Balaban J connectivity index is 1.10. The molecule has 8 nitrogen and oxygen atoms in total. The van der Waals surface area contributed by atoms with Crippen LogP contribution in [0.1, 0.15) is 15.9 Å². The second-order valence-electron chi connectivity index (χ2n) is 8.83. The van der Waals surface area contributed by atoms with Crippen LogP contribution in [0.5, 0.6) is 0 Å². The van der Waals surface area contributed by atoms with Gasteiger partial charge in [0.1, 0.15) is 0 Å². The predicted octanol–water partition coefficient (Wildman–Crippen LogP) is 5.39. The number of nitrogens with zero attached hydrogens (tertiary/aromatic N) is 4. The van der Waals surface area contributed by atoms with Gasteiger partial charge in [0.15, 0.2) is 0 Å². The van der Waals surface area contributed by atoms with E-state index in [-0.39, 0.29) is 17.6 Å². The molecule has 2 amide bonds. The standard InChI is InChI=1S/C28H26ClN5O3S/c1-19-6-2-3-7-22(19)26-31-32-28(37-26)38-18-25(35)30-20-10-12-21(13-11-20)33-14-16-34(17-15-33)27(36)23-8-4-5-9-24(23)29/h2-13H,14-18H2,1H3,(H,30,35). The molecule has 0 saturated carbocycles. The summed E-state index contributed by atoms with van der Waals surface area (Å²) < 4.78 is 5.71. The van der Waals surface area contributed by atoms with Crippen LogP contribution >= 0.6 is 23.4 Å². The third kappa shape index (κ3) is 6.00. The molecule has 1 fully saturated rings. The lowest BCUT2D eigenvalue weighted by Gasteiger charge is -2.36. The molecule has 38 heavy (non-hydrogen) atoms. The summed E-state index contributed by atoms with van der Waals surface area (Å²) in [6.45, 7) is 4.64. The Morgan fingerprint density at radius 3 is 2.39 bits per heavy atom. The number of amides is 2. The molecule has 2 heterocycles. The number of halogens is 1. The summed E-state index contributed by atoms with van der Waals surface area (Å²) in [6.07, 6.45) is 0. The minimum absolute atomic E-state index is 0.0434. The molecule has 10 heteroatoms. The number of hydrogen-bond donors (Lipinski definition) is 1.